The Kier molecular flexibility index (Phi) is 2.75. The number of ether oxygens (including phenoxy) is 1. The van der Waals surface area contributed by atoms with Gasteiger partial charge in [0.25, 0.3) is 0 Å². The van der Waals surface area contributed by atoms with Crippen LogP contribution in [0.3, 0.4) is 0 Å². The summed E-state index contributed by atoms with van der Waals surface area (Å²) in [5, 5.41) is 0. The molecule has 2 aromatic carbocycles. The summed E-state index contributed by atoms with van der Waals surface area (Å²) in [4.78, 5) is 12.4. The molecule has 0 spiro atoms. The Morgan fingerprint density at radius 3 is 2.84 bits per heavy atom. The lowest BCUT2D eigenvalue weighted by molar-refractivity contribution is 0.103. The molecule has 1 heterocycles. The minimum atomic E-state index is -0.0412. The average Bonchev–Trinajstić information content (AvgIpc) is 2.77. The number of hydrogen-bond donors (Lipinski definition) is 1. The molecule has 0 saturated carbocycles. The Hall–Kier alpha value is -2.29. The lowest BCUT2D eigenvalue weighted by atomic mass is 9.99. The van der Waals surface area contributed by atoms with Crippen molar-refractivity contribution in [1.29, 1.82) is 0 Å². The van der Waals surface area contributed by atoms with Gasteiger partial charge in [0.15, 0.2) is 5.78 Å². The van der Waals surface area contributed by atoms with Gasteiger partial charge in [-0.3, -0.25) is 4.79 Å². The number of rotatable bonds is 2. The molecule has 19 heavy (non-hydrogen) atoms. The summed E-state index contributed by atoms with van der Waals surface area (Å²) in [6.45, 7) is 2.02. The average molecular weight is 253 g/mol. The van der Waals surface area contributed by atoms with Crippen LogP contribution in [0.1, 0.15) is 28.4 Å². The molecule has 0 bridgehead atoms. The molecule has 1 atom stereocenters. The highest BCUT2D eigenvalue weighted by Gasteiger charge is 2.21. The monoisotopic (exact) mass is 253 g/mol. The van der Waals surface area contributed by atoms with E-state index in [9.17, 15) is 4.79 Å². The van der Waals surface area contributed by atoms with Gasteiger partial charge in [0.2, 0.25) is 0 Å². The van der Waals surface area contributed by atoms with E-state index < -0.39 is 0 Å². The first-order valence-electron chi connectivity index (χ1n) is 6.34. The van der Waals surface area contributed by atoms with Crippen molar-refractivity contribution >= 4 is 11.5 Å². The highest BCUT2D eigenvalue weighted by atomic mass is 16.5. The molecule has 1 aliphatic rings. The van der Waals surface area contributed by atoms with E-state index in [1.54, 1.807) is 18.2 Å². The Balaban J connectivity index is 1.98. The third-order valence-corrected chi connectivity index (χ3v) is 3.36. The summed E-state index contributed by atoms with van der Waals surface area (Å²) < 4.78 is 5.63. The third kappa shape index (κ3) is 2.08. The van der Waals surface area contributed by atoms with Crippen LogP contribution in [0.15, 0.2) is 42.5 Å². The number of nitrogen functional groups attached to an aromatic ring is 1. The second-order valence-corrected chi connectivity index (χ2v) is 4.87. The van der Waals surface area contributed by atoms with Gasteiger partial charge >= 0.3 is 0 Å². The molecule has 2 aromatic rings. The fourth-order valence-electron chi connectivity index (χ4n) is 2.42. The van der Waals surface area contributed by atoms with E-state index in [0.29, 0.717) is 16.8 Å². The van der Waals surface area contributed by atoms with Crippen molar-refractivity contribution in [3.8, 4) is 5.75 Å². The van der Waals surface area contributed by atoms with E-state index in [0.717, 1.165) is 17.7 Å². The number of carbonyl (C=O) groups is 1. The van der Waals surface area contributed by atoms with Gasteiger partial charge in [-0.05, 0) is 42.8 Å². The number of carbonyl (C=O) groups excluding carboxylic acids is 1. The van der Waals surface area contributed by atoms with E-state index in [4.69, 9.17) is 10.5 Å². The fourth-order valence-corrected chi connectivity index (χ4v) is 2.42. The zero-order chi connectivity index (χ0) is 13.4. The summed E-state index contributed by atoms with van der Waals surface area (Å²) in [5.74, 6) is 0.838. The molecule has 0 aromatic heterocycles. The van der Waals surface area contributed by atoms with Crippen molar-refractivity contribution < 1.29 is 9.53 Å². The molecule has 0 radical (unpaired) electrons. The molecular formula is C16H15NO2. The van der Waals surface area contributed by atoms with Crippen LogP contribution in [0.25, 0.3) is 0 Å². The summed E-state index contributed by atoms with van der Waals surface area (Å²) >= 11 is 0. The van der Waals surface area contributed by atoms with Crippen LogP contribution < -0.4 is 10.5 Å². The van der Waals surface area contributed by atoms with Crippen LogP contribution >= 0.6 is 0 Å². The van der Waals surface area contributed by atoms with Crippen LogP contribution in [-0.2, 0) is 6.42 Å². The molecule has 0 aliphatic carbocycles. The topological polar surface area (TPSA) is 52.3 Å². The highest BCUT2D eigenvalue weighted by molar-refractivity contribution is 6.12. The zero-order valence-electron chi connectivity index (χ0n) is 10.7. The Labute approximate surface area is 112 Å². The van der Waals surface area contributed by atoms with Crippen molar-refractivity contribution in [2.24, 2.45) is 0 Å². The maximum absolute atomic E-state index is 12.4. The van der Waals surface area contributed by atoms with E-state index in [1.807, 2.05) is 31.2 Å². The number of para-hydroxylation sites is 1. The summed E-state index contributed by atoms with van der Waals surface area (Å²) in [7, 11) is 0. The molecule has 1 unspecified atom stereocenters. The Morgan fingerprint density at radius 1 is 1.26 bits per heavy atom. The van der Waals surface area contributed by atoms with Crippen molar-refractivity contribution in [3.63, 3.8) is 0 Å². The van der Waals surface area contributed by atoms with Crippen molar-refractivity contribution in [1.82, 2.24) is 0 Å². The van der Waals surface area contributed by atoms with Crippen LogP contribution in [0, 0.1) is 0 Å². The van der Waals surface area contributed by atoms with Crippen molar-refractivity contribution in [2.75, 3.05) is 5.73 Å². The van der Waals surface area contributed by atoms with Gasteiger partial charge < -0.3 is 10.5 Å². The summed E-state index contributed by atoms with van der Waals surface area (Å²) in [6.07, 6.45) is 1.03. The van der Waals surface area contributed by atoms with Crippen LogP contribution in [0.5, 0.6) is 5.75 Å². The van der Waals surface area contributed by atoms with Gasteiger partial charge in [0.1, 0.15) is 11.9 Å². The normalized spacial score (nSPS) is 16.8. The van der Waals surface area contributed by atoms with E-state index >= 15 is 0 Å². The predicted octanol–water partition coefficient (Wildman–Crippen LogP) is 2.82. The Morgan fingerprint density at radius 2 is 2.05 bits per heavy atom. The van der Waals surface area contributed by atoms with Crippen LogP contribution in [0.4, 0.5) is 5.69 Å². The second-order valence-electron chi connectivity index (χ2n) is 4.87. The smallest absolute Gasteiger partial charge is 0.195 e. The largest absolute Gasteiger partial charge is 0.490 e. The van der Waals surface area contributed by atoms with Gasteiger partial charge in [-0.2, -0.15) is 0 Å². The van der Waals surface area contributed by atoms with E-state index in [1.165, 1.54) is 0 Å². The molecule has 0 saturated heterocycles. The number of anilines is 1. The molecule has 2 N–H and O–H groups in total. The van der Waals surface area contributed by atoms with Gasteiger partial charge in [-0.15, -0.1) is 0 Å². The van der Waals surface area contributed by atoms with E-state index in [-0.39, 0.29) is 11.9 Å². The van der Waals surface area contributed by atoms with Crippen molar-refractivity contribution in [3.05, 3.63) is 59.2 Å². The first-order chi connectivity index (χ1) is 9.15. The molecule has 3 rings (SSSR count). The van der Waals surface area contributed by atoms with Gasteiger partial charge in [0.05, 0.1) is 0 Å². The first-order valence-corrected chi connectivity index (χ1v) is 6.34. The Bertz CT molecular complexity index is 649. The molecule has 3 heteroatoms. The van der Waals surface area contributed by atoms with E-state index in [2.05, 4.69) is 0 Å². The van der Waals surface area contributed by atoms with Gasteiger partial charge in [-0.1, -0.05) is 12.1 Å². The first kappa shape index (κ1) is 11.8. The second kappa shape index (κ2) is 4.43. The van der Waals surface area contributed by atoms with Crippen LogP contribution in [-0.4, -0.2) is 11.9 Å². The quantitative estimate of drug-likeness (QED) is 0.661. The third-order valence-electron chi connectivity index (χ3n) is 3.36. The predicted molar refractivity (Wildman–Crippen MR) is 74.5 cm³/mol. The van der Waals surface area contributed by atoms with Gasteiger partial charge in [0, 0.05) is 23.2 Å². The fraction of sp³-hybridized carbons (Fsp3) is 0.188. The summed E-state index contributed by atoms with van der Waals surface area (Å²) in [5.41, 5.74) is 8.66. The molecule has 0 fully saturated rings. The van der Waals surface area contributed by atoms with Crippen LogP contribution in [0.2, 0.25) is 0 Å². The maximum atomic E-state index is 12.4. The standard InChI is InChI=1S/C16H15NO2/c1-10-8-12-9-11(6-7-15(12)19-10)16(18)13-4-2-3-5-14(13)17/h2-7,9-10H,8,17H2,1H3. The zero-order valence-corrected chi connectivity index (χ0v) is 10.7. The molecular weight excluding hydrogens is 238 g/mol. The minimum Gasteiger partial charge on any atom is -0.490 e. The number of ketones is 1. The number of hydrogen-bond acceptors (Lipinski definition) is 3. The number of benzene rings is 2. The highest BCUT2D eigenvalue weighted by Crippen LogP contribution is 2.30. The number of fused-ring (bicyclic) bond motifs is 1. The lowest BCUT2D eigenvalue weighted by Crippen LogP contribution is -2.05. The molecule has 0 amide bonds. The van der Waals surface area contributed by atoms with Gasteiger partial charge in [-0.25, -0.2) is 0 Å². The van der Waals surface area contributed by atoms with Crippen molar-refractivity contribution in [2.45, 2.75) is 19.4 Å². The SMILES string of the molecule is CC1Cc2cc(C(=O)c3ccccc3N)ccc2O1. The molecule has 96 valence electrons. The minimum absolute atomic E-state index is 0.0412. The number of nitrogens with two attached hydrogens (primary N) is 1. The maximum Gasteiger partial charge on any atom is 0.195 e. The summed E-state index contributed by atoms with van der Waals surface area (Å²) in [6, 6.07) is 12.7. The molecule has 3 nitrogen and oxygen atoms in total. The molecule has 1 aliphatic heterocycles. The lowest BCUT2D eigenvalue weighted by Gasteiger charge is -2.06.